The van der Waals surface area contributed by atoms with E-state index in [-0.39, 0.29) is 24.6 Å². The van der Waals surface area contributed by atoms with Gasteiger partial charge < -0.3 is 10.1 Å². The van der Waals surface area contributed by atoms with E-state index < -0.39 is 23.2 Å². The van der Waals surface area contributed by atoms with Crippen molar-refractivity contribution < 1.29 is 22.7 Å². The van der Waals surface area contributed by atoms with E-state index in [4.69, 9.17) is 4.74 Å². The Balaban J connectivity index is 1.79. The predicted molar refractivity (Wildman–Crippen MR) is 81.9 cm³/mol. The molecule has 0 aliphatic rings. The van der Waals surface area contributed by atoms with Crippen LogP contribution >= 0.6 is 0 Å². The SMILES string of the molecule is O=C(NCC#CCOc1cccc(C(F)(F)F)c1)c1ccc(=O)[nH]n1. The summed E-state index contributed by atoms with van der Waals surface area (Å²) < 4.78 is 42.7. The zero-order valence-electron chi connectivity index (χ0n) is 12.7. The van der Waals surface area contributed by atoms with Crippen LogP contribution in [0.4, 0.5) is 13.2 Å². The van der Waals surface area contributed by atoms with Crippen molar-refractivity contribution in [3.8, 4) is 17.6 Å². The highest BCUT2D eigenvalue weighted by molar-refractivity contribution is 5.92. The number of rotatable bonds is 4. The molecule has 1 amide bonds. The highest BCUT2D eigenvalue weighted by Crippen LogP contribution is 2.31. The van der Waals surface area contributed by atoms with Gasteiger partial charge in [0.05, 0.1) is 12.1 Å². The van der Waals surface area contributed by atoms with Gasteiger partial charge in [-0.25, -0.2) is 5.10 Å². The Kier molecular flexibility index (Phi) is 5.79. The predicted octanol–water partition coefficient (Wildman–Crippen LogP) is 1.60. The molecule has 0 saturated heterocycles. The fraction of sp³-hybridized carbons (Fsp3) is 0.188. The lowest BCUT2D eigenvalue weighted by Gasteiger charge is -2.08. The van der Waals surface area contributed by atoms with Crippen molar-refractivity contribution in [2.45, 2.75) is 6.18 Å². The van der Waals surface area contributed by atoms with Crippen LogP contribution in [0, 0.1) is 11.8 Å². The summed E-state index contributed by atoms with van der Waals surface area (Å²) in [7, 11) is 0. The average Bonchev–Trinajstić information content (AvgIpc) is 2.58. The number of alkyl halides is 3. The molecule has 0 atom stereocenters. The first-order chi connectivity index (χ1) is 11.9. The third kappa shape index (κ3) is 5.69. The van der Waals surface area contributed by atoms with Gasteiger partial charge in [0.1, 0.15) is 18.1 Å². The molecule has 9 heteroatoms. The van der Waals surface area contributed by atoms with Crippen molar-refractivity contribution in [3.05, 3.63) is 58.0 Å². The highest BCUT2D eigenvalue weighted by atomic mass is 19.4. The fourth-order valence-corrected chi connectivity index (χ4v) is 1.68. The lowest BCUT2D eigenvalue weighted by atomic mass is 10.2. The summed E-state index contributed by atoms with van der Waals surface area (Å²) in [5, 5.41) is 8.11. The van der Waals surface area contributed by atoms with Crippen LogP contribution in [0.1, 0.15) is 16.1 Å². The number of hydrogen-bond donors (Lipinski definition) is 2. The molecule has 0 unspecified atom stereocenters. The minimum atomic E-state index is -4.44. The Hall–Kier alpha value is -3.28. The quantitative estimate of drug-likeness (QED) is 0.820. The van der Waals surface area contributed by atoms with Crippen LogP contribution in [-0.4, -0.2) is 29.3 Å². The summed E-state index contributed by atoms with van der Waals surface area (Å²) in [5.74, 6) is 4.67. The Morgan fingerprint density at radius 2 is 2.04 bits per heavy atom. The summed E-state index contributed by atoms with van der Waals surface area (Å²) >= 11 is 0. The second-order valence-corrected chi connectivity index (χ2v) is 4.66. The van der Waals surface area contributed by atoms with Gasteiger partial charge in [-0.1, -0.05) is 17.9 Å². The maximum atomic E-state index is 12.5. The number of hydrogen-bond acceptors (Lipinski definition) is 4. The molecule has 2 rings (SSSR count). The Labute approximate surface area is 140 Å². The molecule has 0 fully saturated rings. The number of H-pyrrole nitrogens is 1. The smallest absolute Gasteiger partial charge is 0.416 e. The number of aromatic nitrogens is 2. The average molecular weight is 351 g/mol. The highest BCUT2D eigenvalue weighted by Gasteiger charge is 2.30. The van der Waals surface area contributed by atoms with Crippen molar-refractivity contribution >= 4 is 5.91 Å². The number of aromatic amines is 1. The second-order valence-electron chi connectivity index (χ2n) is 4.66. The number of halogens is 3. The van der Waals surface area contributed by atoms with E-state index in [0.717, 1.165) is 18.2 Å². The van der Waals surface area contributed by atoms with Crippen LogP contribution in [0.15, 0.2) is 41.2 Å². The first kappa shape index (κ1) is 18.1. The van der Waals surface area contributed by atoms with Crippen LogP contribution in [0.5, 0.6) is 5.75 Å². The third-order valence-electron chi connectivity index (χ3n) is 2.85. The monoisotopic (exact) mass is 351 g/mol. The van der Waals surface area contributed by atoms with Gasteiger partial charge in [0.15, 0.2) is 0 Å². The minimum Gasteiger partial charge on any atom is -0.481 e. The Bertz CT molecular complexity index is 846. The standard InChI is InChI=1S/C16H12F3N3O3/c17-16(18,19)11-4-3-5-12(10-11)25-9-2-1-8-20-15(24)13-6-7-14(23)22-21-13/h3-7,10H,8-9H2,(H,20,24)(H,22,23). The van der Waals surface area contributed by atoms with Gasteiger partial charge >= 0.3 is 6.18 Å². The first-order valence-corrected chi connectivity index (χ1v) is 6.96. The van der Waals surface area contributed by atoms with E-state index in [1.165, 1.54) is 18.2 Å². The third-order valence-corrected chi connectivity index (χ3v) is 2.85. The minimum absolute atomic E-state index is 0.00834. The van der Waals surface area contributed by atoms with Crippen LogP contribution < -0.4 is 15.6 Å². The lowest BCUT2D eigenvalue weighted by molar-refractivity contribution is -0.137. The van der Waals surface area contributed by atoms with Gasteiger partial charge in [-0.2, -0.15) is 18.3 Å². The number of nitrogens with zero attached hydrogens (tertiary/aromatic N) is 1. The summed E-state index contributed by atoms with van der Waals surface area (Å²) in [4.78, 5) is 22.5. The molecule has 130 valence electrons. The molecule has 0 spiro atoms. The molecule has 25 heavy (non-hydrogen) atoms. The molecule has 6 nitrogen and oxygen atoms in total. The number of amides is 1. The van der Waals surface area contributed by atoms with Crippen LogP contribution in [-0.2, 0) is 6.18 Å². The molecule has 2 N–H and O–H groups in total. The van der Waals surface area contributed by atoms with Gasteiger partial charge in [-0.15, -0.1) is 0 Å². The summed E-state index contributed by atoms with van der Waals surface area (Å²) in [6.07, 6.45) is -4.44. The second kappa shape index (κ2) is 8.01. The molecule has 0 saturated carbocycles. The van der Waals surface area contributed by atoms with E-state index in [1.807, 2.05) is 0 Å². The Morgan fingerprint density at radius 3 is 2.72 bits per heavy atom. The molecule has 1 heterocycles. The molecule has 0 aliphatic carbocycles. The zero-order chi connectivity index (χ0) is 18.3. The normalized spacial score (nSPS) is 10.5. The molecule has 0 aliphatic heterocycles. The topological polar surface area (TPSA) is 84.1 Å². The number of carbonyl (C=O) groups excluding carboxylic acids is 1. The van der Waals surface area contributed by atoms with Crippen molar-refractivity contribution in [2.24, 2.45) is 0 Å². The largest absolute Gasteiger partial charge is 0.481 e. The van der Waals surface area contributed by atoms with Gasteiger partial charge in [-0.3, -0.25) is 9.59 Å². The van der Waals surface area contributed by atoms with E-state index in [2.05, 4.69) is 27.4 Å². The molecule has 1 aromatic carbocycles. The van der Waals surface area contributed by atoms with Gasteiger partial charge in [0.2, 0.25) is 0 Å². The molecular weight excluding hydrogens is 339 g/mol. The summed E-state index contributed by atoms with van der Waals surface area (Å²) in [5.41, 5.74) is -1.21. The van der Waals surface area contributed by atoms with Crippen molar-refractivity contribution in [1.82, 2.24) is 15.5 Å². The van der Waals surface area contributed by atoms with Gasteiger partial charge in [-0.05, 0) is 24.3 Å². The number of carbonyl (C=O) groups is 1. The number of benzene rings is 1. The first-order valence-electron chi connectivity index (χ1n) is 6.96. The molecular formula is C16H12F3N3O3. The maximum Gasteiger partial charge on any atom is 0.416 e. The van der Waals surface area contributed by atoms with Crippen molar-refractivity contribution in [1.29, 1.82) is 0 Å². The number of nitrogens with one attached hydrogen (secondary N) is 2. The van der Waals surface area contributed by atoms with Gasteiger partial charge in [0, 0.05) is 6.07 Å². The van der Waals surface area contributed by atoms with Crippen molar-refractivity contribution in [3.63, 3.8) is 0 Å². The zero-order valence-corrected chi connectivity index (χ0v) is 12.7. The lowest BCUT2D eigenvalue weighted by Crippen LogP contribution is -2.26. The van der Waals surface area contributed by atoms with E-state index in [0.29, 0.717) is 0 Å². The number of ether oxygens (including phenoxy) is 1. The fourth-order valence-electron chi connectivity index (χ4n) is 1.68. The molecule has 0 radical (unpaired) electrons. The van der Waals surface area contributed by atoms with E-state index in [1.54, 1.807) is 0 Å². The molecule has 2 aromatic rings. The molecule has 0 bridgehead atoms. The summed E-state index contributed by atoms with van der Waals surface area (Å²) in [6.45, 7) is -0.139. The summed E-state index contributed by atoms with van der Waals surface area (Å²) in [6, 6.07) is 6.88. The van der Waals surface area contributed by atoms with Crippen LogP contribution in [0.3, 0.4) is 0 Å². The van der Waals surface area contributed by atoms with Crippen molar-refractivity contribution in [2.75, 3.05) is 13.2 Å². The Morgan fingerprint density at radius 1 is 1.24 bits per heavy atom. The molecule has 1 aromatic heterocycles. The van der Waals surface area contributed by atoms with Crippen LogP contribution in [0.25, 0.3) is 0 Å². The van der Waals surface area contributed by atoms with Crippen LogP contribution in [0.2, 0.25) is 0 Å². The van der Waals surface area contributed by atoms with E-state index in [9.17, 15) is 22.8 Å². The van der Waals surface area contributed by atoms with E-state index >= 15 is 0 Å². The van der Waals surface area contributed by atoms with Gasteiger partial charge in [0.25, 0.3) is 11.5 Å². The maximum absolute atomic E-state index is 12.5.